The molecule has 0 bridgehead atoms. The van der Waals surface area contributed by atoms with E-state index in [-0.39, 0.29) is 6.04 Å². The molecule has 1 aromatic rings. The molecule has 0 aliphatic carbocycles. The second kappa shape index (κ2) is 4.94. The van der Waals surface area contributed by atoms with E-state index in [2.05, 4.69) is 48.8 Å². The Kier molecular flexibility index (Phi) is 4.14. The summed E-state index contributed by atoms with van der Waals surface area (Å²) in [7, 11) is 0. The summed E-state index contributed by atoms with van der Waals surface area (Å²) in [5.74, 6) is 0. The van der Waals surface area contributed by atoms with Gasteiger partial charge in [-0.1, -0.05) is 28.1 Å². The maximum Gasteiger partial charge on any atom is 0.0236 e. The van der Waals surface area contributed by atoms with Gasteiger partial charge in [0.1, 0.15) is 0 Å². The smallest absolute Gasteiger partial charge is 0.0236 e. The van der Waals surface area contributed by atoms with Crippen LogP contribution in [0.15, 0.2) is 16.6 Å². The summed E-state index contributed by atoms with van der Waals surface area (Å²) in [5, 5.41) is 0. The van der Waals surface area contributed by atoms with E-state index in [1.54, 1.807) is 0 Å². The molecule has 0 aliphatic heterocycles. The summed E-state index contributed by atoms with van der Waals surface area (Å²) >= 11 is 3.61. The summed E-state index contributed by atoms with van der Waals surface area (Å²) < 4.78 is 1.24. The molecule has 1 aromatic carbocycles. The van der Waals surface area contributed by atoms with Crippen LogP contribution < -0.4 is 5.73 Å². The quantitative estimate of drug-likeness (QED) is 0.881. The van der Waals surface area contributed by atoms with Crippen molar-refractivity contribution in [3.8, 4) is 0 Å². The molecule has 0 saturated carbocycles. The summed E-state index contributed by atoms with van der Waals surface area (Å²) in [4.78, 5) is 0. The van der Waals surface area contributed by atoms with Crippen molar-refractivity contribution in [1.29, 1.82) is 0 Å². The highest BCUT2D eigenvalue weighted by Crippen LogP contribution is 2.24. The summed E-state index contributed by atoms with van der Waals surface area (Å²) in [6.07, 6.45) is 2.12. The predicted octanol–water partition coefficient (Wildman–Crippen LogP) is 3.35. The summed E-state index contributed by atoms with van der Waals surface area (Å²) in [6.45, 7) is 6.33. The first-order valence-corrected chi connectivity index (χ1v) is 5.82. The predicted molar refractivity (Wildman–Crippen MR) is 65.6 cm³/mol. The van der Waals surface area contributed by atoms with E-state index in [1.807, 2.05) is 0 Å². The second-order valence-electron chi connectivity index (χ2n) is 4.00. The third-order valence-corrected chi connectivity index (χ3v) is 3.78. The average molecular weight is 256 g/mol. The maximum atomic E-state index is 5.75. The Morgan fingerprint density at radius 2 is 2.00 bits per heavy atom. The highest BCUT2D eigenvalue weighted by molar-refractivity contribution is 9.10. The first-order chi connectivity index (χ1) is 6.52. The van der Waals surface area contributed by atoms with Gasteiger partial charge in [0.15, 0.2) is 0 Å². The van der Waals surface area contributed by atoms with Gasteiger partial charge in [-0.15, -0.1) is 0 Å². The molecule has 0 amide bonds. The van der Waals surface area contributed by atoms with Crippen LogP contribution in [0.25, 0.3) is 0 Å². The van der Waals surface area contributed by atoms with Crippen LogP contribution in [0.2, 0.25) is 0 Å². The standard InChI is InChI=1S/C12H18BrN/c1-8-4-6-11(7-5-9(2)14)10(3)12(8)13/h4,6,9H,5,7,14H2,1-3H3/t9-/m0/s1. The topological polar surface area (TPSA) is 26.0 Å². The average Bonchev–Trinajstić information content (AvgIpc) is 2.13. The van der Waals surface area contributed by atoms with Gasteiger partial charge in [0.05, 0.1) is 0 Å². The first kappa shape index (κ1) is 11.7. The minimum atomic E-state index is 0.287. The molecule has 1 nitrogen and oxygen atoms in total. The molecule has 2 heteroatoms. The van der Waals surface area contributed by atoms with Gasteiger partial charge in [-0.05, 0) is 50.3 Å². The maximum absolute atomic E-state index is 5.75. The Labute approximate surface area is 94.8 Å². The van der Waals surface area contributed by atoms with E-state index < -0.39 is 0 Å². The Bertz CT molecular complexity index is 318. The SMILES string of the molecule is Cc1ccc(CC[C@H](C)N)c(C)c1Br. The molecule has 78 valence electrons. The van der Waals surface area contributed by atoms with Crippen molar-refractivity contribution < 1.29 is 0 Å². The lowest BCUT2D eigenvalue weighted by atomic mass is 10.00. The molecule has 2 N–H and O–H groups in total. The number of hydrogen-bond acceptors (Lipinski definition) is 1. The minimum absolute atomic E-state index is 0.287. The van der Waals surface area contributed by atoms with Crippen LogP contribution in [-0.4, -0.2) is 6.04 Å². The zero-order chi connectivity index (χ0) is 10.7. The van der Waals surface area contributed by atoms with E-state index >= 15 is 0 Å². The lowest BCUT2D eigenvalue weighted by Crippen LogP contribution is -2.15. The van der Waals surface area contributed by atoms with Crippen LogP contribution in [0.3, 0.4) is 0 Å². The summed E-state index contributed by atoms with van der Waals surface area (Å²) in [5.41, 5.74) is 9.80. The molecule has 0 aromatic heterocycles. The van der Waals surface area contributed by atoms with Gasteiger partial charge < -0.3 is 5.73 Å². The zero-order valence-corrected chi connectivity index (χ0v) is 10.7. The third kappa shape index (κ3) is 2.82. The fourth-order valence-corrected chi connectivity index (χ4v) is 1.90. The highest BCUT2D eigenvalue weighted by atomic mass is 79.9. The lowest BCUT2D eigenvalue weighted by molar-refractivity contribution is 0.664. The molecule has 0 heterocycles. The molecule has 0 aliphatic rings. The van der Waals surface area contributed by atoms with E-state index in [1.165, 1.54) is 21.2 Å². The molecule has 0 spiro atoms. The molecule has 0 fully saturated rings. The van der Waals surface area contributed by atoms with Gasteiger partial charge in [-0.3, -0.25) is 0 Å². The van der Waals surface area contributed by atoms with Crippen molar-refractivity contribution in [2.24, 2.45) is 5.73 Å². The van der Waals surface area contributed by atoms with Gasteiger partial charge in [0, 0.05) is 10.5 Å². The number of aryl methyl sites for hydroxylation is 2. The van der Waals surface area contributed by atoms with Gasteiger partial charge in [-0.25, -0.2) is 0 Å². The summed E-state index contributed by atoms with van der Waals surface area (Å²) in [6, 6.07) is 4.65. The molecular formula is C12H18BrN. The van der Waals surface area contributed by atoms with Crippen LogP contribution >= 0.6 is 15.9 Å². The van der Waals surface area contributed by atoms with E-state index in [0.29, 0.717) is 0 Å². The Morgan fingerprint density at radius 1 is 1.36 bits per heavy atom. The van der Waals surface area contributed by atoms with Crippen molar-refractivity contribution >= 4 is 15.9 Å². The number of rotatable bonds is 3. The van der Waals surface area contributed by atoms with Crippen molar-refractivity contribution in [3.05, 3.63) is 33.3 Å². The molecule has 0 unspecified atom stereocenters. The minimum Gasteiger partial charge on any atom is -0.328 e. The van der Waals surface area contributed by atoms with Crippen molar-refractivity contribution in [2.45, 2.75) is 39.7 Å². The van der Waals surface area contributed by atoms with Gasteiger partial charge in [-0.2, -0.15) is 0 Å². The van der Waals surface area contributed by atoms with E-state index in [0.717, 1.165) is 12.8 Å². The van der Waals surface area contributed by atoms with Gasteiger partial charge in [0.2, 0.25) is 0 Å². The third-order valence-electron chi connectivity index (χ3n) is 2.56. The lowest BCUT2D eigenvalue weighted by Gasteiger charge is -2.11. The molecule has 1 atom stereocenters. The van der Waals surface area contributed by atoms with Crippen LogP contribution in [0.4, 0.5) is 0 Å². The van der Waals surface area contributed by atoms with Crippen LogP contribution in [0.5, 0.6) is 0 Å². The Morgan fingerprint density at radius 3 is 2.57 bits per heavy atom. The van der Waals surface area contributed by atoms with Crippen molar-refractivity contribution in [3.63, 3.8) is 0 Å². The Balaban J connectivity index is 2.83. The van der Waals surface area contributed by atoms with Crippen molar-refractivity contribution in [2.75, 3.05) is 0 Å². The molecular weight excluding hydrogens is 238 g/mol. The van der Waals surface area contributed by atoms with Gasteiger partial charge >= 0.3 is 0 Å². The fraction of sp³-hybridized carbons (Fsp3) is 0.500. The molecule has 0 saturated heterocycles. The number of nitrogens with two attached hydrogens (primary N) is 1. The number of hydrogen-bond donors (Lipinski definition) is 1. The zero-order valence-electron chi connectivity index (χ0n) is 9.10. The van der Waals surface area contributed by atoms with E-state index in [4.69, 9.17) is 5.73 Å². The first-order valence-electron chi connectivity index (χ1n) is 5.02. The Hall–Kier alpha value is -0.340. The second-order valence-corrected chi connectivity index (χ2v) is 4.79. The van der Waals surface area contributed by atoms with Gasteiger partial charge in [0.25, 0.3) is 0 Å². The number of benzene rings is 1. The van der Waals surface area contributed by atoms with Crippen LogP contribution in [-0.2, 0) is 6.42 Å². The molecule has 14 heavy (non-hydrogen) atoms. The number of halogens is 1. The highest BCUT2D eigenvalue weighted by Gasteiger charge is 2.05. The largest absolute Gasteiger partial charge is 0.328 e. The molecule has 1 rings (SSSR count). The monoisotopic (exact) mass is 255 g/mol. The normalized spacial score (nSPS) is 12.9. The fourth-order valence-electron chi connectivity index (χ4n) is 1.51. The molecule has 0 radical (unpaired) electrons. The van der Waals surface area contributed by atoms with Crippen LogP contribution in [0, 0.1) is 13.8 Å². The van der Waals surface area contributed by atoms with E-state index in [9.17, 15) is 0 Å². The van der Waals surface area contributed by atoms with Crippen LogP contribution in [0.1, 0.15) is 30.0 Å². The van der Waals surface area contributed by atoms with Crippen molar-refractivity contribution in [1.82, 2.24) is 0 Å².